The topological polar surface area (TPSA) is 113 Å². The Morgan fingerprint density at radius 1 is 1.22 bits per heavy atom. The monoisotopic (exact) mass is 508 g/mol. The largest absolute Gasteiger partial charge is 0.476 e. The number of nitrogens with one attached hydrogen (secondary N) is 1. The van der Waals surface area contributed by atoms with Crippen molar-refractivity contribution in [3.63, 3.8) is 0 Å². The fraction of sp³-hybridized carbons (Fsp3) is 0.240. The highest BCUT2D eigenvalue weighted by Gasteiger charge is 2.26. The van der Waals surface area contributed by atoms with E-state index < -0.39 is 17.8 Å². The van der Waals surface area contributed by atoms with Crippen molar-refractivity contribution in [1.29, 1.82) is 0 Å². The molecule has 36 heavy (non-hydrogen) atoms. The van der Waals surface area contributed by atoms with Crippen molar-refractivity contribution in [3.05, 3.63) is 85.9 Å². The van der Waals surface area contributed by atoms with Gasteiger partial charge in [0.1, 0.15) is 11.0 Å². The molecule has 1 atom stereocenters. The Balaban J connectivity index is 1.60. The number of rotatable bonds is 5. The number of anilines is 2. The van der Waals surface area contributed by atoms with Gasteiger partial charge in [0.05, 0.1) is 41.1 Å². The highest BCUT2D eigenvalue weighted by atomic mass is 35.5. The number of aromatic nitrogens is 4. The first-order valence-electron chi connectivity index (χ1n) is 11.2. The van der Waals surface area contributed by atoms with Gasteiger partial charge >= 0.3 is 5.97 Å². The van der Waals surface area contributed by atoms with Crippen molar-refractivity contribution in [2.24, 2.45) is 7.05 Å². The summed E-state index contributed by atoms with van der Waals surface area (Å²) >= 11 is 5.89. The van der Waals surface area contributed by atoms with Crippen LogP contribution in [0, 0.1) is 12.7 Å². The van der Waals surface area contributed by atoms with Gasteiger partial charge in [0.25, 0.3) is 5.56 Å². The number of hydrogen-bond acceptors (Lipinski definition) is 7. The Labute approximate surface area is 210 Å². The number of carboxylic acids is 1. The molecule has 0 bridgehead atoms. The lowest BCUT2D eigenvalue weighted by Gasteiger charge is -2.23. The minimum absolute atomic E-state index is 0.0717. The SMILES string of the molecule is Cc1cc([C@@H](C)Nc2ccc(Cl)nc2C(=O)O)c2nc(N3Cc4cc(F)cnc4C3)n(C)c(=O)c2c1. The van der Waals surface area contributed by atoms with Crippen molar-refractivity contribution in [2.75, 3.05) is 10.2 Å². The molecular formula is C25H22ClFN6O3. The second-order valence-corrected chi connectivity index (χ2v) is 9.23. The van der Waals surface area contributed by atoms with E-state index in [0.29, 0.717) is 35.6 Å². The van der Waals surface area contributed by atoms with Gasteiger partial charge in [-0.3, -0.25) is 14.3 Å². The number of aryl methyl sites for hydroxylation is 1. The molecule has 0 fully saturated rings. The first kappa shape index (κ1) is 23.7. The summed E-state index contributed by atoms with van der Waals surface area (Å²) < 4.78 is 15.2. The molecule has 2 N–H and O–H groups in total. The van der Waals surface area contributed by atoms with E-state index in [9.17, 15) is 19.1 Å². The third-order valence-corrected chi connectivity index (χ3v) is 6.45. The van der Waals surface area contributed by atoms with E-state index in [1.54, 1.807) is 19.2 Å². The van der Waals surface area contributed by atoms with Crippen LogP contribution in [0.1, 0.15) is 45.8 Å². The lowest BCUT2D eigenvalue weighted by Crippen LogP contribution is -2.28. The standard InChI is InChI=1S/C25H22ClFN6O3/c1-12-6-16(13(2)29-18-4-5-20(26)30-22(18)24(35)36)21-17(7-12)23(34)32(3)25(31-21)33-10-14-8-15(27)9-28-19(14)11-33/h4-9,13,29H,10-11H2,1-3H3,(H,35,36)/t13-/m1/s1. The second-order valence-electron chi connectivity index (χ2n) is 8.84. The van der Waals surface area contributed by atoms with Crippen LogP contribution in [-0.2, 0) is 20.1 Å². The van der Waals surface area contributed by atoms with E-state index in [2.05, 4.69) is 15.3 Å². The van der Waals surface area contributed by atoms with Gasteiger partial charge in [-0.05, 0) is 49.2 Å². The molecule has 4 heterocycles. The summed E-state index contributed by atoms with van der Waals surface area (Å²) in [5, 5.41) is 13.3. The maximum absolute atomic E-state index is 13.7. The van der Waals surface area contributed by atoms with E-state index in [4.69, 9.17) is 16.6 Å². The zero-order valence-electron chi connectivity index (χ0n) is 19.7. The fourth-order valence-corrected chi connectivity index (χ4v) is 4.70. The van der Waals surface area contributed by atoms with Crippen LogP contribution in [0.15, 0.2) is 41.3 Å². The molecule has 1 aliphatic heterocycles. The minimum atomic E-state index is -1.21. The van der Waals surface area contributed by atoms with E-state index in [1.165, 1.54) is 22.9 Å². The van der Waals surface area contributed by atoms with Crippen molar-refractivity contribution >= 4 is 40.1 Å². The van der Waals surface area contributed by atoms with Gasteiger partial charge in [-0.15, -0.1) is 0 Å². The van der Waals surface area contributed by atoms with Crippen LogP contribution in [-0.4, -0.2) is 30.6 Å². The number of hydrogen-bond donors (Lipinski definition) is 2. The Bertz CT molecular complexity index is 1610. The molecule has 0 spiro atoms. The predicted octanol–water partition coefficient (Wildman–Crippen LogP) is 4.22. The van der Waals surface area contributed by atoms with Gasteiger partial charge in [0.15, 0.2) is 5.69 Å². The molecule has 0 unspecified atom stereocenters. The highest BCUT2D eigenvalue weighted by Crippen LogP contribution is 2.31. The number of aromatic carboxylic acids is 1. The summed E-state index contributed by atoms with van der Waals surface area (Å²) in [7, 11) is 1.66. The first-order chi connectivity index (χ1) is 17.1. The van der Waals surface area contributed by atoms with Crippen molar-refractivity contribution in [2.45, 2.75) is 33.0 Å². The smallest absolute Gasteiger partial charge is 0.356 e. The molecule has 3 aromatic heterocycles. The average molecular weight is 509 g/mol. The highest BCUT2D eigenvalue weighted by molar-refractivity contribution is 6.29. The summed E-state index contributed by atoms with van der Waals surface area (Å²) in [6, 6.07) is 7.78. The Kier molecular flexibility index (Phi) is 5.83. The van der Waals surface area contributed by atoms with Crippen molar-refractivity contribution in [1.82, 2.24) is 19.5 Å². The number of carbonyl (C=O) groups is 1. The second kappa shape index (κ2) is 8.87. The van der Waals surface area contributed by atoms with Gasteiger partial charge < -0.3 is 15.3 Å². The molecule has 184 valence electrons. The van der Waals surface area contributed by atoms with Crippen LogP contribution in [0.3, 0.4) is 0 Å². The number of fused-ring (bicyclic) bond motifs is 2. The fourth-order valence-electron chi connectivity index (χ4n) is 4.55. The van der Waals surface area contributed by atoms with Gasteiger partial charge in [0.2, 0.25) is 5.95 Å². The van der Waals surface area contributed by atoms with Crippen molar-refractivity contribution < 1.29 is 14.3 Å². The average Bonchev–Trinajstić information content (AvgIpc) is 3.25. The van der Waals surface area contributed by atoms with Crippen LogP contribution < -0.4 is 15.8 Å². The van der Waals surface area contributed by atoms with Crippen LogP contribution in [0.25, 0.3) is 10.9 Å². The Morgan fingerprint density at radius 3 is 2.75 bits per heavy atom. The van der Waals surface area contributed by atoms with E-state index in [-0.39, 0.29) is 16.4 Å². The number of benzene rings is 1. The summed E-state index contributed by atoms with van der Waals surface area (Å²) in [4.78, 5) is 39.9. The Hall–Kier alpha value is -4.05. The maximum atomic E-state index is 13.7. The number of pyridine rings is 2. The molecule has 0 saturated carbocycles. The quantitative estimate of drug-likeness (QED) is 0.385. The summed E-state index contributed by atoms with van der Waals surface area (Å²) in [6.07, 6.45) is 1.18. The molecule has 5 rings (SSSR count). The van der Waals surface area contributed by atoms with Crippen LogP contribution in [0.5, 0.6) is 0 Å². The molecule has 0 radical (unpaired) electrons. The normalized spacial score (nSPS) is 13.6. The van der Waals surface area contributed by atoms with E-state index in [0.717, 1.165) is 22.4 Å². The molecule has 0 amide bonds. The van der Waals surface area contributed by atoms with Gasteiger partial charge in [-0.25, -0.2) is 19.2 Å². The Morgan fingerprint density at radius 2 is 2.00 bits per heavy atom. The molecule has 1 aliphatic rings. The summed E-state index contributed by atoms with van der Waals surface area (Å²) in [6.45, 7) is 4.51. The van der Waals surface area contributed by atoms with Crippen LogP contribution >= 0.6 is 11.6 Å². The minimum Gasteiger partial charge on any atom is -0.476 e. The first-order valence-corrected chi connectivity index (χ1v) is 11.6. The van der Waals surface area contributed by atoms with Crippen molar-refractivity contribution in [3.8, 4) is 0 Å². The van der Waals surface area contributed by atoms with E-state index >= 15 is 0 Å². The molecule has 9 nitrogen and oxygen atoms in total. The van der Waals surface area contributed by atoms with Gasteiger partial charge in [0, 0.05) is 19.2 Å². The molecular weight excluding hydrogens is 487 g/mol. The van der Waals surface area contributed by atoms with Gasteiger partial charge in [-0.1, -0.05) is 17.7 Å². The lowest BCUT2D eigenvalue weighted by atomic mass is 10.0. The molecule has 4 aromatic rings. The zero-order chi connectivity index (χ0) is 25.7. The third kappa shape index (κ3) is 4.13. The van der Waals surface area contributed by atoms with Gasteiger partial charge in [-0.2, -0.15) is 0 Å². The molecule has 0 saturated heterocycles. The van der Waals surface area contributed by atoms with Crippen LogP contribution in [0.2, 0.25) is 5.15 Å². The number of halogens is 2. The van der Waals surface area contributed by atoms with E-state index in [1.807, 2.05) is 24.8 Å². The maximum Gasteiger partial charge on any atom is 0.356 e. The molecule has 1 aromatic carbocycles. The zero-order valence-corrected chi connectivity index (χ0v) is 20.5. The predicted molar refractivity (Wildman–Crippen MR) is 134 cm³/mol. The third-order valence-electron chi connectivity index (χ3n) is 6.24. The number of nitrogens with zero attached hydrogens (tertiary/aromatic N) is 5. The summed E-state index contributed by atoms with van der Waals surface area (Å²) in [5.41, 5.74) is 3.43. The van der Waals surface area contributed by atoms with Crippen LogP contribution in [0.4, 0.5) is 16.0 Å². The number of carboxylic acid groups (broad SMARTS) is 1. The molecule has 11 heteroatoms. The summed E-state index contributed by atoms with van der Waals surface area (Å²) in [5.74, 6) is -1.19. The molecule has 0 aliphatic carbocycles. The lowest BCUT2D eigenvalue weighted by molar-refractivity contribution is 0.0691.